The maximum atomic E-state index is 12.5. The molecule has 0 spiro atoms. The number of nitrogens with zero attached hydrogens (tertiary/aromatic N) is 3. The van der Waals surface area contributed by atoms with Crippen molar-refractivity contribution in [2.45, 2.75) is 18.1 Å². The summed E-state index contributed by atoms with van der Waals surface area (Å²) >= 11 is 6.10. The lowest BCUT2D eigenvalue weighted by molar-refractivity contribution is 0.400. The Hall–Kier alpha value is -3.43. The molecular weight excluding hydrogens is 462 g/mol. The Balaban J connectivity index is 1.54. The summed E-state index contributed by atoms with van der Waals surface area (Å²) in [6.07, 6.45) is 4.47. The number of nitrogens with one attached hydrogen (secondary N) is 2. The number of methoxy groups -OCH3 is 1. The van der Waals surface area contributed by atoms with Gasteiger partial charge in [0.15, 0.2) is 0 Å². The SMILES string of the molecule is COc1ncc(-c2ccc3ncnc(Nc4cccc(Cl)c4)c3c2)cc1NS(=O)(=O)C1CC1. The van der Waals surface area contributed by atoms with Gasteiger partial charge in [-0.1, -0.05) is 23.7 Å². The molecule has 1 aliphatic carbocycles. The van der Waals surface area contributed by atoms with Gasteiger partial charge in [0.2, 0.25) is 15.9 Å². The summed E-state index contributed by atoms with van der Waals surface area (Å²) in [6, 6.07) is 14.8. The van der Waals surface area contributed by atoms with E-state index in [1.165, 1.54) is 13.4 Å². The van der Waals surface area contributed by atoms with Gasteiger partial charge in [0, 0.05) is 27.9 Å². The third-order valence-electron chi connectivity index (χ3n) is 5.32. The van der Waals surface area contributed by atoms with E-state index < -0.39 is 10.0 Å². The summed E-state index contributed by atoms with van der Waals surface area (Å²) in [7, 11) is -2.01. The molecule has 2 heterocycles. The zero-order valence-corrected chi connectivity index (χ0v) is 19.2. The molecule has 1 aliphatic rings. The highest BCUT2D eigenvalue weighted by Gasteiger charge is 2.36. The van der Waals surface area contributed by atoms with Crippen LogP contribution in [0.15, 0.2) is 61.1 Å². The van der Waals surface area contributed by atoms with Crippen molar-refractivity contribution in [3.05, 3.63) is 66.1 Å². The first kappa shape index (κ1) is 21.4. The summed E-state index contributed by atoms with van der Waals surface area (Å²) in [5.41, 5.74) is 3.42. The molecule has 0 saturated heterocycles. The molecule has 5 rings (SSSR count). The number of hydrogen-bond acceptors (Lipinski definition) is 7. The summed E-state index contributed by atoms with van der Waals surface area (Å²) in [6.45, 7) is 0. The lowest BCUT2D eigenvalue weighted by Gasteiger charge is -2.13. The first-order chi connectivity index (χ1) is 15.9. The molecule has 0 radical (unpaired) electrons. The number of pyridine rings is 1. The largest absolute Gasteiger partial charge is 0.480 e. The highest BCUT2D eigenvalue weighted by atomic mass is 35.5. The maximum absolute atomic E-state index is 12.5. The fourth-order valence-electron chi connectivity index (χ4n) is 3.50. The van der Waals surface area contributed by atoms with Crippen molar-refractivity contribution in [2.75, 3.05) is 17.1 Å². The molecule has 168 valence electrons. The monoisotopic (exact) mass is 481 g/mol. The predicted octanol–water partition coefficient (Wildman–Crippen LogP) is 5.00. The van der Waals surface area contributed by atoms with Crippen molar-refractivity contribution in [2.24, 2.45) is 0 Å². The van der Waals surface area contributed by atoms with Gasteiger partial charge in [-0.3, -0.25) is 4.72 Å². The van der Waals surface area contributed by atoms with Crippen LogP contribution in [-0.2, 0) is 10.0 Å². The van der Waals surface area contributed by atoms with E-state index in [0.717, 1.165) is 27.7 Å². The Kier molecular flexibility index (Phi) is 5.51. The molecular formula is C23H20ClN5O3S. The molecule has 8 nitrogen and oxygen atoms in total. The number of aromatic nitrogens is 3. The van der Waals surface area contributed by atoms with Gasteiger partial charge in [0.1, 0.15) is 17.8 Å². The van der Waals surface area contributed by atoms with E-state index in [1.54, 1.807) is 18.3 Å². The van der Waals surface area contributed by atoms with E-state index >= 15 is 0 Å². The fraction of sp³-hybridized carbons (Fsp3) is 0.174. The van der Waals surface area contributed by atoms with Crippen LogP contribution >= 0.6 is 11.6 Å². The normalized spacial score (nSPS) is 13.6. The molecule has 0 atom stereocenters. The van der Waals surface area contributed by atoms with E-state index in [4.69, 9.17) is 16.3 Å². The topological polar surface area (TPSA) is 106 Å². The molecule has 33 heavy (non-hydrogen) atoms. The molecule has 0 aliphatic heterocycles. The van der Waals surface area contributed by atoms with E-state index in [-0.39, 0.29) is 11.1 Å². The Bertz CT molecular complexity index is 1460. The minimum absolute atomic E-state index is 0.218. The molecule has 4 aromatic rings. The Labute approximate surface area is 196 Å². The first-order valence-corrected chi connectivity index (χ1v) is 12.2. The highest BCUT2D eigenvalue weighted by Crippen LogP contribution is 2.35. The first-order valence-electron chi connectivity index (χ1n) is 10.3. The molecule has 10 heteroatoms. The van der Waals surface area contributed by atoms with Crippen molar-refractivity contribution in [3.8, 4) is 17.0 Å². The minimum Gasteiger partial charge on any atom is -0.480 e. The Morgan fingerprint density at radius 1 is 1.03 bits per heavy atom. The van der Waals surface area contributed by atoms with Crippen molar-refractivity contribution in [3.63, 3.8) is 0 Å². The maximum Gasteiger partial charge on any atom is 0.238 e. The van der Waals surface area contributed by atoms with Crippen LogP contribution in [0.3, 0.4) is 0 Å². The number of anilines is 3. The highest BCUT2D eigenvalue weighted by molar-refractivity contribution is 7.93. The number of benzene rings is 2. The zero-order valence-electron chi connectivity index (χ0n) is 17.6. The van der Waals surface area contributed by atoms with Gasteiger partial charge in [-0.05, 0) is 54.8 Å². The van der Waals surface area contributed by atoms with Crippen LogP contribution in [0.4, 0.5) is 17.2 Å². The van der Waals surface area contributed by atoms with Gasteiger partial charge in [-0.25, -0.2) is 23.4 Å². The molecule has 2 N–H and O–H groups in total. The Morgan fingerprint density at radius 2 is 1.88 bits per heavy atom. The number of hydrogen-bond donors (Lipinski definition) is 2. The Morgan fingerprint density at radius 3 is 2.64 bits per heavy atom. The third-order valence-corrected chi connectivity index (χ3v) is 7.40. The van der Waals surface area contributed by atoms with E-state index in [2.05, 4.69) is 25.0 Å². The average Bonchev–Trinajstić information content (AvgIpc) is 3.65. The quantitative estimate of drug-likeness (QED) is 0.382. The molecule has 2 aromatic heterocycles. The second-order valence-electron chi connectivity index (χ2n) is 7.72. The van der Waals surface area contributed by atoms with Crippen LogP contribution in [0.1, 0.15) is 12.8 Å². The summed E-state index contributed by atoms with van der Waals surface area (Å²) < 4.78 is 32.8. The van der Waals surface area contributed by atoms with Crippen LogP contribution in [-0.4, -0.2) is 35.7 Å². The number of fused-ring (bicyclic) bond motifs is 1. The molecule has 1 saturated carbocycles. The summed E-state index contributed by atoms with van der Waals surface area (Å²) in [4.78, 5) is 13.1. The summed E-state index contributed by atoms with van der Waals surface area (Å²) in [5, 5.41) is 4.34. The van der Waals surface area contributed by atoms with Crippen molar-refractivity contribution >= 4 is 49.7 Å². The number of ether oxygens (including phenoxy) is 1. The molecule has 1 fully saturated rings. The second kappa shape index (κ2) is 8.49. The van der Waals surface area contributed by atoms with E-state index in [1.807, 2.05) is 36.4 Å². The van der Waals surface area contributed by atoms with Crippen LogP contribution in [0.5, 0.6) is 5.88 Å². The molecule has 2 aromatic carbocycles. The zero-order chi connectivity index (χ0) is 23.0. The van der Waals surface area contributed by atoms with Gasteiger partial charge in [-0.2, -0.15) is 0 Å². The molecule has 0 bridgehead atoms. The summed E-state index contributed by atoms with van der Waals surface area (Å²) in [5.74, 6) is 0.843. The van der Waals surface area contributed by atoms with Gasteiger partial charge in [-0.15, -0.1) is 0 Å². The van der Waals surface area contributed by atoms with Crippen LogP contribution < -0.4 is 14.8 Å². The van der Waals surface area contributed by atoms with E-state index in [0.29, 0.717) is 29.4 Å². The number of halogens is 1. The fourth-order valence-corrected chi connectivity index (χ4v) is 5.07. The van der Waals surface area contributed by atoms with Crippen molar-refractivity contribution < 1.29 is 13.2 Å². The molecule has 0 unspecified atom stereocenters. The smallest absolute Gasteiger partial charge is 0.238 e. The second-order valence-corrected chi connectivity index (χ2v) is 10.1. The number of rotatable bonds is 7. The van der Waals surface area contributed by atoms with Gasteiger partial charge in [0.25, 0.3) is 0 Å². The number of sulfonamides is 1. The predicted molar refractivity (Wildman–Crippen MR) is 130 cm³/mol. The minimum atomic E-state index is -3.46. The third kappa shape index (κ3) is 4.55. The average molecular weight is 482 g/mol. The lowest BCUT2D eigenvalue weighted by atomic mass is 10.0. The van der Waals surface area contributed by atoms with Crippen LogP contribution in [0, 0.1) is 0 Å². The van der Waals surface area contributed by atoms with Gasteiger partial charge < -0.3 is 10.1 Å². The van der Waals surface area contributed by atoms with Crippen LogP contribution in [0.2, 0.25) is 5.02 Å². The van der Waals surface area contributed by atoms with Crippen molar-refractivity contribution in [1.82, 2.24) is 15.0 Å². The van der Waals surface area contributed by atoms with Crippen molar-refractivity contribution in [1.29, 1.82) is 0 Å². The van der Waals surface area contributed by atoms with Gasteiger partial charge in [0.05, 0.1) is 17.9 Å². The van der Waals surface area contributed by atoms with E-state index in [9.17, 15) is 8.42 Å². The molecule has 0 amide bonds. The van der Waals surface area contributed by atoms with Crippen LogP contribution in [0.25, 0.3) is 22.0 Å². The standard InChI is InChI=1S/C23H20ClN5O3S/c1-32-23-21(29-33(30,31)18-6-7-18)10-15(12-25-23)14-5-8-20-19(9-14)22(27-13-26-20)28-17-4-2-3-16(24)11-17/h2-5,8-13,18,29H,6-7H2,1H3,(H,26,27,28). The van der Waals surface area contributed by atoms with Gasteiger partial charge >= 0.3 is 0 Å². The lowest BCUT2D eigenvalue weighted by Crippen LogP contribution is -2.18.